The van der Waals surface area contributed by atoms with Gasteiger partial charge in [0.15, 0.2) is 15.9 Å². The summed E-state index contributed by atoms with van der Waals surface area (Å²) in [5.41, 5.74) is 15.2. The predicted octanol–water partition coefficient (Wildman–Crippen LogP) is 12.6. The lowest BCUT2D eigenvalue weighted by Gasteiger charge is -2.20. The summed E-state index contributed by atoms with van der Waals surface area (Å²) >= 11 is 12.9. The van der Waals surface area contributed by atoms with Crippen LogP contribution in [-0.4, -0.2) is 123 Å². The number of amidine groups is 3. The maximum Gasteiger partial charge on any atom is 0.418 e. The summed E-state index contributed by atoms with van der Waals surface area (Å²) in [5, 5.41) is 15.6. The standard InChI is InChI=1S/C25H22F6N8O2S2.C20H14Br2N8O3S2.C18H16N8O2S2/c1-33-18-16(22(41)39-9-7-12-15(25(29,30)31)13(24(26,27)28)10-35-19(12)39)42-23(36-18)37-21-14(20(40)38-43-21)17(32)34-8-6-11-4-2-3-5-11;21-11-7-25-16-10(14(11)22)2-5-30(16)19(32)12-8-26-20(34-12)27-18-13(17(31)29-35-18)15(23)24-4-1-9-3-6-33-28-9;1-3-9(2)23-13(19)12-15(27)25-30-16(12)24-18-22-8-11(29-18)17(28)26-7-4-10-14(26)21-6-5-20-10/h10-11H,2-9H2,(H2,32,34)(H,36,37)(H,38,40);2-3,5-8H,1,4H2,(H2,23,24)(H,26,27)(H,29,31);3-9H,1H2,2H3,(H2,19,23)(H,22,24)(H,25,27). The maximum absolute atomic E-state index is 13.7. The van der Waals surface area contributed by atoms with Crippen molar-refractivity contribution in [2.45, 2.75) is 70.3 Å². The summed E-state index contributed by atoms with van der Waals surface area (Å²) < 4.78 is 98.3. The monoisotopic (exact) mass is 1720 g/mol. The fourth-order valence-electron chi connectivity index (χ4n) is 11.1. The molecule has 12 N–H and O–H groups in total. The number of H-pyrrole nitrogens is 3. The number of hydrogen-bond donors (Lipinski definition) is 9. The molecule has 108 heavy (non-hydrogen) atoms. The number of pyridine rings is 2. The van der Waals surface area contributed by atoms with Gasteiger partial charge in [0.05, 0.1) is 39.7 Å². The number of anilines is 7. The van der Waals surface area contributed by atoms with Gasteiger partial charge in [-0.05, 0) is 104 Å². The lowest BCUT2D eigenvalue weighted by atomic mass is 10.0. The third-order valence-corrected chi connectivity index (χ3v) is 23.3. The summed E-state index contributed by atoms with van der Waals surface area (Å²) in [6.45, 7) is 13.3. The first-order valence-electron chi connectivity index (χ1n) is 31.6. The van der Waals surface area contributed by atoms with Crippen molar-refractivity contribution in [1.29, 1.82) is 0 Å². The molecular weight excluding hydrogens is 1670 g/mol. The number of nitrogens with zero attached hydrogens (tertiary/aromatic N) is 15. The molecule has 1 aliphatic carbocycles. The summed E-state index contributed by atoms with van der Waals surface area (Å²) in [6, 6.07) is 5.03. The second kappa shape index (κ2) is 32.8. The number of halogens is 8. The molecule has 2 aliphatic rings. The molecule has 558 valence electrons. The number of carbonyl (C=O) groups is 3. The second-order valence-corrected chi connectivity index (χ2v) is 30.2. The van der Waals surface area contributed by atoms with Gasteiger partial charge < -0.3 is 42.5 Å². The van der Waals surface area contributed by atoms with Crippen LogP contribution >= 0.6 is 100 Å². The first kappa shape index (κ1) is 76.9. The third kappa shape index (κ3) is 16.8. The molecule has 0 spiro atoms. The number of fused-ring (bicyclic) bond motifs is 3. The quantitative estimate of drug-likeness (QED) is 0.0112. The largest absolute Gasteiger partial charge is 0.418 e. The van der Waals surface area contributed by atoms with Gasteiger partial charge in [0, 0.05) is 84.7 Å². The zero-order valence-electron chi connectivity index (χ0n) is 55.2. The molecule has 0 radical (unpaired) electrons. The molecule has 45 heteroatoms. The van der Waals surface area contributed by atoms with Crippen LogP contribution in [0.1, 0.15) is 107 Å². The Morgan fingerprint density at radius 3 is 1.91 bits per heavy atom. The molecule has 0 saturated heterocycles. The van der Waals surface area contributed by atoms with Crippen LogP contribution in [0.3, 0.4) is 0 Å². The van der Waals surface area contributed by atoms with E-state index in [1.807, 2.05) is 13.0 Å². The van der Waals surface area contributed by atoms with E-state index in [2.05, 4.69) is 127 Å². The van der Waals surface area contributed by atoms with Crippen molar-refractivity contribution in [1.82, 2.24) is 62.3 Å². The average Bonchev–Trinajstić information content (AvgIpc) is 1.52. The zero-order chi connectivity index (χ0) is 76.9. The molecule has 12 aromatic heterocycles. The Bertz CT molecular complexity index is 5730. The van der Waals surface area contributed by atoms with Crippen molar-refractivity contribution < 1.29 is 45.2 Å². The molecule has 1 saturated carbocycles. The van der Waals surface area contributed by atoms with Crippen LogP contribution in [0, 0.1) is 12.5 Å². The van der Waals surface area contributed by atoms with Crippen LogP contribution < -0.4 is 54.7 Å². The third-order valence-electron chi connectivity index (χ3n) is 16.2. The molecule has 1 amide bonds. The first-order valence-corrected chi connectivity index (χ1v) is 38.1. The van der Waals surface area contributed by atoms with Crippen molar-refractivity contribution in [2.75, 3.05) is 40.5 Å². The van der Waals surface area contributed by atoms with Gasteiger partial charge in [-0.3, -0.25) is 75.9 Å². The minimum atomic E-state index is -5.35. The van der Waals surface area contributed by atoms with Crippen LogP contribution in [-0.2, 0) is 25.2 Å². The molecule has 1 unspecified atom stereocenters. The van der Waals surface area contributed by atoms with E-state index in [1.165, 1.54) is 46.8 Å². The maximum atomic E-state index is 13.7. The average molecular weight is 1720 g/mol. The highest BCUT2D eigenvalue weighted by Crippen LogP contribution is 2.47. The van der Waals surface area contributed by atoms with E-state index in [1.54, 1.807) is 43.0 Å². The van der Waals surface area contributed by atoms with Crippen molar-refractivity contribution >= 4 is 200 Å². The van der Waals surface area contributed by atoms with Gasteiger partial charge in [0.2, 0.25) is 0 Å². The lowest BCUT2D eigenvalue weighted by molar-refractivity contribution is -0.162. The topological polar surface area (TPSA) is 435 Å². The summed E-state index contributed by atoms with van der Waals surface area (Å²) in [5.74, 6) is -1.72. The number of amides is 1. The Balaban J connectivity index is 0.000000154. The first-order chi connectivity index (χ1) is 51.7. The molecular formula is C63H52Br2F6N24O7S6. The number of nitrogens with two attached hydrogens (primary N) is 3. The minimum absolute atomic E-state index is 0.000279. The zero-order valence-corrected chi connectivity index (χ0v) is 63.3. The van der Waals surface area contributed by atoms with Crippen molar-refractivity contribution in [3.8, 4) is 0 Å². The van der Waals surface area contributed by atoms with Gasteiger partial charge in [-0.1, -0.05) is 82.5 Å². The van der Waals surface area contributed by atoms with Crippen molar-refractivity contribution in [3.63, 3.8) is 0 Å². The fourth-order valence-corrected chi connectivity index (χ4v) is 16.6. The van der Waals surface area contributed by atoms with Crippen LogP contribution in [0.2, 0.25) is 0 Å². The number of nitrogens with one attached hydrogen (secondary N) is 6. The second-order valence-electron chi connectivity index (χ2n) is 23.1. The Morgan fingerprint density at radius 1 is 0.741 bits per heavy atom. The predicted molar refractivity (Wildman–Crippen MR) is 407 cm³/mol. The van der Waals surface area contributed by atoms with Gasteiger partial charge in [-0.15, -0.1) is 6.58 Å². The highest BCUT2D eigenvalue weighted by molar-refractivity contribution is 9.13. The highest BCUT2D eigenvalue weighted by atomic mass is 79.9. The van der Waals surface area contributed by atoms with Crippen molar-refractivity contribution in [3.05, 3.63) is 192 Å². The molecule has 12 aromatic rings. The number of alkyl halides is 6. The van der Waals surface area contributed by atoms with E-state index >= 15 is 0 Å². The van der Waals surface area contributed by atoms with E-state index in [0.29, 0.717) is 83.6 Å². The van der Waals surface area contributed by atoms with Crippen LogP contribution in [0.15, 0.2) is 130 Å². The van der Waals surface area contributed by atoms with Crippen LogP contribution in [0.25, 0.3) is 27.0 Å². The molecule has 0 aromatic carbocycles. The fraction of sp³-hybridized carbons (Fsp3) is 0.238. The Morgan fingerprint density at radius 2 is 1.32 bits per heavy atom. The van der Waals surface area contributed by atoms with Crippen molar-refractivity contribution in [2.24, 2.45) is 38.1 Å². The number of hydrogen-bond acceptors (Lipinski definition) is 27. The van der Waals surface area contributed by atoms with E-state index in [9.17, 15) is 55.1 Å². The summed E-state index contributed by atoms with van der Waals surface area (Å²) in [4.78, 5) is 123. The number of thiazole rings is 3. The molecule has 1 aliphatic heterocycles. The number of aromatic nitrogens is 13. The van der Waals surface area contributed by atoms with Gasteiger partial charge in [-0.25, -0.2) is 24.9 Å². The summed E-state index contributed by atoms with van der Waals surface area (Å²) in [6.07, 6.45) is 8.90. The Hall–Kier alpha value is -10.8. The van der Waals surface area contributed by atoms with Gasteiger partial charge in [0.1, 0.15) is 87.1 Å². The highest BCUT2D eigenvalue weighted by Gasteiger charge is 2.48. The van der Waals surface area contributed by atoms with Gasteiger partial charge in [-0.2, -0.15) is 26.3 Å². The van der Waals surface area contributed by atoms with E-state index < -0.39 is 58.6 Å². The molecule has 0 bridgehead atoms. The Kier molecular flexibility index (Phi) is 23.3. The molecule has 31 nitrogen and oxygen atoms in total. The van der Waals surface area contributed by atoms with E-state index in [-0.39, 0.29) is 90.9 Å². The molecule has 1 atom stereocenters. The van der Waals surface area contributed by atoms with Crippen LogP contribution in [0.4, 0.5) is 68.4 Å². The smallest absolute Gasteiger partial charge is 0.383 e. The molecule has 13 heterocycles. The van der Waals surface area contributed by atoms with E-state index in [4.69, 9.17) is 28.3 Å². The number of aliphatic imine (C=N–C) groups is 3. The SMILES string of the molecule is C=CC(C)N=C(N)c1c(Nc2ncc(C(=O)n3ccc4nccnc43)s2)s[nH]c1=O.NC(=NCCc1ccon1)c1c(Nc2ncc(C(=O)n3ccc4c(Br)c(Br)cnc43)s2)s[nH]c1=O.[C-]#[N+]c1nc(Nc2s[nH]c(=O)c2C(N)=NCCC2CCCC2)sc1C(=O)N1CCc2c1ncc(C(F)(F)F)c2C(F)(F)F. The minimum Gasteiger partial charge on any atom is -0.383 e. The summed E-state index contributed by atoms with van der Waals surface area (Å²) in [7, 11) is 0. The number of carbonyl (C=O) groups excluding carboxylic acids is 3. The Labute approximate surface area is 643 Å². The lowest BCUT2D eigenvalue weighted by Crippen LogP contribution is -2.29. The van der Waals surface area contributed by atoms with Crippen LogP contribution in [0.5, 0.6) is 0 Å². The van der Waals surface area contributed by atoms with Gasteiger partial charge in [0.25, 0.3) is 45.3 Å². The number of aromatic amines is 3. The normalized spacial score (nSPS) is 13.8. The number of rotatable bonds is 20. The van der Waals surface area contributed by atoms with Gasteiger partial charge >= 0.3 is 12.4 Å². The van der Waals surface area contributed by atoms with E-state index in [0.717, 1.165) is 101 Å². The molecule has 1 fully saturated rings. The molecule has 14 rings (SSSR count).